The van der Waals surface area contributed by atoms with Crippen LogP contribution in [-0.4, -0.2) is 35.3 Å². The number of nitrogens with one attached hydrogen (secondary N) is 1. The Morgan fingerprint density at radius 2 is 1.96 bits per heavy atom. The molecule has 4 nitrogen and oxygen atoms in total. The van der Waals surface area contributed by atoms with Gasteiger partial charge in [-0.15, -0.1) is 11.8 Å². The number of carbonyl (C=O) groups is 1. The number of alkyl halides is 5. The van der Waals surface area contributed by atoms with Gasteiger partial charge < -0.3 is 5.32 Å². The van der Waals surface area contributed by atoms with Crippen LogP contribution in [0.4, 0.5) is 22.0 Å². The third kappa shape index (κ3) is 4.16. The van der Waals surface area contributed by atoms with Gasteiger partial charge in [0.15, 0.2) is 5.69 Å². The van der Waals surface area contributed by atoms with Crippen LogP contribution in [0.5, 0.6) is 0 Å². The predicted molar refractivity (Wildman–Crippen MR) is 90.0 cm³/mol. The van der Waals surface area contributed by atoms with E-state index in [1.807, 2.05) is 0 Å². The van der Waals surface area contributed by atoms with Crippen molar-refractivity contribution in [3.05, 3.63) is 28.1 Å². The van der Waals surface area contributed by atoms with Gasteiger partial charge in [-0.25, -0.2) is 13.8 Å². The number of pyridine rings is 1. The first kappa shape index (κ1) is 20.6. The highest BCUT2D eigenvalue weighted by atomic mass is 32.2. The van der Waals surface area contributed by atoms with Crippen LogP contribution in [0.1, 0.15) is 53.1 Å². The molecule has 2 heterocycles. The van der Waals surface area contributed by atoms with E-state index >= 15 is 0 Å². The van der Waals surface area contributed by atoms with E-state index in [-0.39, 0.29) is 28.5 Å². The van der Waals surface area contributed by atoms with Gasteiger partial charge in [0.1, 0.15) is 10.7 Å². The molecule has 0 fully saturated rings. The van der Waals surface area contributed by atoms with Crippen LogP contribution in [0, 0.1) is 5.92 Å². The zero-order chi connectivity index (χ0) is 19.6. The molecule has 1 aromatic heterocycles. The third-order valence-corrected chi connectivity index (χ3v) is 4.66. The van der Waals surface area contributed by atoms with Gasteiger partial charge in [0.05, 0.1) is 5.56 Å². The summed E-state index contributed by atoms with van der Waals surface area (Å²) < 4.78 is 67.8. The Morgan fingerprint density at radius 1 is 1.31 bits per heavy atom. The van der Waals surface area contributed by atoms with Crippen molar-refractivity contribution in [1.82, 2.24) is 10.3 Å². The van der Waals surface area contributed by atoms with Crippen molar-refractivity contribution in [3.63, 3.8) is 0 Å². The van der Waals surface area contributed by atoms with Gasteiger partial charge in [0.2, 0.25) is 0 Å². The van der Waals surface area contributed by atoms with Gasteiger partial charge in [-0.1, -0.05) is 13.8 Å². The van der Waals surface area contributed by atoms with Crippen LogP contribution in [-0.2, 0) is 12.6 Å². The second kappa shape index (κ2) is 7.89. The van der Waals surface area contributed by atoms with Crippen LogP contribution < -0.4 is 5.32 Å². The number of halogens is 5. The standard InChI is InChI=1S/C16H18F5N3OS/c1-7(2)6-8-9(14(25)22-3)11(13(17)18)24-12(16(19,20)21)10(8)15-23-4-5-26-15/h7,13H,4-6H2,1-3H3,(H,22,25). The summed E-state index contributed by atoms with van der Waals surface area (Å²) in [6, 6.07) is 0. The highest BCUT2D eigenvalue weighted by Crippen LogP contribution is 2.39. The molecule has 1 N–H and O–H groups in total. The van der Waals surface area contributed by atoms with Crippen molar-refractivity contribution >= 4 is 22.7 Å². The predicted octanol–water partition coefficient (Wildman–Crippen LogP) is 4.09. The highest BCUT2D eigenvalue weighted by molar-refractivity contribution is 8.14. The first-order chi connectivity index (χ1) is 12.1. The van der Waals surface area contributed by atoms with E-state index in [0.717, 1.165) is 11.8 Å². The Morgan fingerprint density at radius 3 is 2.38 bits per heavy atom. The summed E-state index contributed by atoms with van der Waals surface area (Å²) >= 11 is 1.10. The van der Waals surface area contributed by atoms with Gasteiger partial charge >= 0.3 is 6.18 Å². The molecule has 0 saturated carbocycles. The zero-order valence-corrected chi connectivity index (χ0v) is 15.2. The highest BCUT2D eigenvalue weighted by Gasteiger charge is 2.42. The van der Waals surface area contributed by atoms with Crippen LogP contribution in [0.25, 0.3) is 0 Å². The maximum Gasteiger partial charge on any atom is 0.434 e. The monoisotopic (exact) mass is 395 g/mol. The molecular weight excluding hydrogens is 377 g/mol. The maximum atomic E-state index is 13.6. The molecular formula is C16H18F5N3OS. The molecule has 0 aromatic carbocycles. The van der Waals surface area contributed by atoms with Crippen molar-refractivity contribution < 1.29 is 26.7 Å². The van der Waals surface area contributed by atoms with E-state index in [2.05, 4.69) is 15.3 Å². The summed E-state index contributed by atoms with van der Waals surface area (Å²) in [7, 11) is 1.23. The number of carbonyl (C=O) groups excluding carboxylic acids is 1. The largest absolute Gasteiger partial charge is 0.434 e. The van der Waals surface area contributed by atoms with Crippen molar-refractivity contribution in [2.45, 2.75) is 32.9 Å². The Hall–Kier alpha value is -1.71. The summed E-state index contributed by atoms with van der Waals surface area (Å²) in [6.45, 7) is 3.79. The lowest BCUT2D eigenvalue weighted by Crippen LogP contribution is -2.28. The summed E-state index contributed by atoms with van der Waals surface area (Å²) in [5.74, 6) is -0.570. The summed E-state index contributed by atoms with van der Waals surface area (Å²) in [6.07, 6.45) is -8.25. The van der Waals surface area contributed by atoms with Gasteiger partial charge in [-0.05, 0) is 17.9 Å². The van der Waals surface area contributed by atoms with Gasteiger partial charge in [0.25, 0.3) is 12.3 Å². The zero-order valence-electron chi connectivity index (χ0n) is 14.4. The second-order valence-electron chi connectivity index (χ2n) is 6.09. The topological polar surface area (TPSA) is 54.4 Å². The van der Waals surface area contributed by atoms with Gasteiger partial charge in [-0.2, -0.15) is 13.2 Å². The molecule has 1 aliphatic rings. The van der Waals surface area contributed by atoms with E-state index in [1.165, 1.54) is 7.05 Å². The minimum Gasteiger partial charge on any atom is -0.355 e. The second-order valence-corrected chi connectivity index (χ2v) is 7.17. The van der Waals surface area contributed by atoms with Gasteiger partial charge in [0, 0.05) is 24.9 Å². The summed E-state index contributed by atoms with van der Waals surface area (Å²) in [5.41, 5.74) is -3.49. The normalized spacial score (nSPS) is 14.9. The number of hydrogen-bond donors (Lipinski definition) is 1. The smallest absolute Gasteiger partial charge is 0.355 e. The molecule has 1 aromatic rings. The third-order valence-electron chi connectivity index (χ3n) is 3.67. The molecule has 26 heavy (non-hydrogen) atoms. The van der Waals surface area contributed by atoms with Crippen molar-refractivity contribution in [2.75, 3.05) is 19.3 Å². The molecule has 0 saturated heterocycles. The first-order valence-electron chi connectivity index (χ1n) is 7.89. The van der Waals surface area contributed by atoms with E-state index in [9.17, 15) is 26.7 Å². The molecule has 2 rings (SSSR count). The Balaban J connectivity index is 2.95. The van der Waals surface area contributed by atoms with E-state index < -0.39 is 35.5 Å². The van der Waals surface area contributed by atoms with E-state index in [0.29, 0.717) is 12.3 Å². The summed E-state index contributed by atoms with van der Waals surface area (Å²) in [4.78, 5) is 19.5. The van der Waals surface area contributed by atoms with Crippen LogP contribution in [0.2, 0.25) is 0 Å². The van der Waals surface area contributed by atoms with E-state index in [4.69, 9.17) is 0 Å². The van der Waals surface area contributed by atoms with Crippen LogP contribution in [0.3, 0.4) is 0 Å². The fourth-order valence-corrected chi connectivity index (χ4v) is 3.65. The number of hydrogen-bond acceptors (Lipinski definition) is 4. The Kier molecular flexibility index (Phi) is 6.25. The quantitative estimate of drug-likeness (QED) is 0.764. The van der Waals surface area contributed by atoms with Crippen LogP contribution >= 0.6 is 11.8 Å². The molecule has 0 spiro atoms. The SMILES string of the molecule is CNC(=O)c1c(C(F)F)nc(C(F)(F)F)c(C2=NCCS2)c1CC(C)C. The first-order valence-corrected chi connectivity index (χ1v) is 8.88. The minimum absolute atomic E-state index is 0.0169. The molecule has 1 aliphatic heterocycles. The lowest BCUT2D eigenvalue weighted by atomic mass is 9.90. The lowest BCUT2D eigenvalue weighted by molar-refractivity contribution is -0.141. The van der Waals surface area contributed by atoms with Gasteiger partial charge in [-0.3, -0.25) is 9.79 Å². The molecule has 144 valence electrons. The Bertz CT molecular complexity index is 732. The minimum atomic E-state index is -4.95. The summed E-state index contributed by atoms with van der Waals surface area (Å²) in [5, 5.41) is 2.32. The Labute approximate surface area is 151 Å². The number of thioether (sulfide) groups is 1. The molecule has 1 amide bonds. The molecule has 10 heteroatoms. The van der Waals surface area contributed by atoms with Crippen molar-refractivity contribution in [2.24, 2.45) is 10.9 Å². The molecule has 0 bridgehead atoms. The fourth-order valence-electron chi connectivity index (χ4n) is 2.73. The van der Waals surface area contributed by atoms with Crippen molar-refractivity contribution in [1.29, 1.82) is 0 Å². The molecule has 0 atom stereocenters. The number of rotatable bonds is 5. The fraction of sp³-hybridized carbons (Fsp3) is 0.562. The number of aromatic nitrogens is 1. The number of aliphatic imine (C=N–C) groups is 1. The average molecular weight is 395 g/mol. The number of nitrogens with zero attached hydrogens (tertiary/aromatic N) is 2. The van der Waals surface area contributed by atoms with Crippen molar-refractivity contribution in [3.8, 4) is 0 Å². The average Bonchev–Trinajstić information content (AvgIpc) is 3.05. The molecule has 0 unspecified atom stereocenters. The maximum absolute atomic E-state index is 13.6. The number of amides is 1. The van der Waals surface area contributed by atoms with Crippen LogP contribution in [0.15, 0.2) is 4.99 Å². The lowest BCUT2D eigenvalue weighted by Gasteiger charge is -2.22. The molecule has 0 aliphatic carbocycles. The molecule has 0 radical (unpaired) electrons. The van der Waals surface area contributed by atoms with E-state index in [1.54, 1.807) is 13.8 Å².